The summed E-state index contributed by atoms with van der Waals surface area (Å²) in [5.41, 5.74) is 2.65. The van der Waals surface area contributed by atoms with Gasteiger partial charge in [-0.3, -0.25) is 4.57 Å². The van der Waals surface area contributed by atoms with Gasteiger partial charge in [0.25, 0.3) is 0 Å². The molecule has 0 radical (unpaired) electrons. The molecule has 2 aliphatic heterocycles. The number of nitrogens with zero attached hydrogens (tertiary/aromatic N) is 4. The molecule has 186 valence electrons. The molecule has 0 bridgehead atoms. The summed E-state index contributed by atoms with van der Waals surface area (Å²) in [7, 11) is 0. The maximum atomic E-state index is 6.51. The molecule has 2 saturated heterocycles. The lowest BCUT2D eigenvalue weighted by molar-refractivity contribution is -0.198. The van der Waals surface area contributed by atoms with E-state index in [9.17, 15) is 0 Å². The average Bonchev–Trinajstić information content (AvgIpc) is 3.62. The van der Waals surface area contributed by atoms with Crippen molar-refractivity contribution >= 4 is 17.0 Å². The van der Waals surface area contributed by atoms with Gasteiger partial charge in [0, 0.05) is 12.6 Å². The van der Waals surface area contributed by atoms with Crippen molar-refractivity contribution < 1.29 is 18.9 Å². The zero-order valence-corrected chi connectivity index (χ0v) is 20.3. The monoisotopic (exact) mass is 479 g/mol. The van der Waals surface area contributed by atoms with Crippen molar-refractivity contribution in [3.05, 3.63) is 48.5 Å². The van der Waals surface area contributed by atoms with Crippen LogP contribution < -0.4 is 5.32 Å². The molecule has 1 saturated carbocycles. The van der Waals surface area contributed by atoms with E-state index < -0.39 is 5.79 Å². The molecule has 4 heterocycles. The van der Waals surface area contributed by atoms with E-state index in [0.717, 1.165) is 35.4 Å². The van der Waals surface area contributed by atoms with Gasteiger partial charge in [0.05, 0.1) is 19.0 Å². The van der Waals surface area contributed by atoms with Gasteiger partial charge < -0.3 is 24.3 Å². The number of anilines is 1. The van der Waals surface area contributed by atoms with Gasteiger partial charge in [0.1, 0.15) is 18.5 Å². The first-order valence-electron chi connectivity index (χ1n) is 12.6. The van der Waals surface area contributed by atoms with Gasteiger partial charge in [0.15, 0.2) is 29.0 Å². The highest BCUT2D eigenvalue weighted by atomic mass is 16.8. The Hall–Kier alpha value is -2.59. The highest BCUT2D eigenvalue weighted by Gasteiger charge is 2.55. The molecule has 1 aromatic carbocycles. The maximum absolute atomic E-state index is 6.51. The number of hydrogen-bond donors (Lipinski definition) is 1. The minimum Gasteiger partial charge on any atom is -0.377 e. The zero-order chi connectivity index (χ0) is 23.8. The number of imidazole rings is 1. The fraction of sp³-hybridized carbons (Fsp3) is 0.577. The van der Waals surface area contributed by atoms with Crippen LogP contribution in [0.2, 0.25) is 0 Å². The summed E-state index contributed by atoms with van der Waals surface area (Å²) in [6.07, 6.45) is 7.92. The fourth-order valence-electron chi connectivity index (χ4n) is 5.49. The molecule has 6 rings (SSSR count). The number of ether oxygens (including phenoxy) is 4. The van der Waals surface area contributed by atoms with Gasteiger partial charge in [-0.2, -0.15) is 0 Å². The Labute approximate surface area is 205 Å². The van der Waals surface area contributed by atoms with Gasteiger partial charge >= 0.3 is 0 Å². The van der Waals surface area contributed by atoms with Crippen molar-refractivity contribution in [2.75, 3.05) is 11.9 Å². The van der Waals surface area contributed by atoms with Gasteiger partial charge in [0.2, 0.25) is 0 Å². The molecule has 0 amide bonds. The van der Waals surface area contributed by atoms with Crippen LogP contribution >= 0.6 is 0 Å². The first-order chi connectivity index (χ1) is 17.1. The van der Waals surface area contributed by atoms with Crippen LogP contribution in [0.15, 0.2) is 43.0 Å². The van der Waals surface area contributed by atoms with Crippen LogP contribution in [0.1, 0.15) is 57.7 Å². The molecule has 4 atom stereocenters. The highest BCUT2D eigenvalue weighted by molar-refractivity contribution is 5.82. The lowest BCUT2D eigenvalue weighted by Gasteiger charge is -2.24. The van der Waals surface area contributed by atoms with Crippen molar-refractivity contribution in [2.45, 2.75) is 88.9 Å². The van der Waals surface area contributed by atoms with Gasteiger partial charge in [-0.25, -0.2) is 15.0 Å². The number of fused-ring (bicyclic) bond motifs is 2. The molecular weight excluding hydrogens is 446 g/mol. The first-order valence-corrected chi connectivity index (χ1v) is 12.6. The molecule has 3 aromatic rings. The second kappa shape index (κ2) is 9.46. The molecule has 1 unspecified atom stereocenters. The predicted octanol–water partition coefficient (Wildman–Crippen LogP) is 4.21. The molecule has 1 N–H and O–H groups in total. The topological polar surface area (TPSA) is 92.5 Å². The van der Waals surface area contributed by atoms with Gasteiger partial charge in [-0.15, -0.1) is 0 Å². The molecule has 9 nitrogen and oxygen atoms in total. The van der Waals surface area contributed by atoms with E-state index in [1.165, 1.54) is 12.8 Å². The SMILES string of the molecule is CC1(C)OC2[C@@H](O1)[C@@H](CCOCc1ccccc1)O[C@H]2n1cnc2c(NC3CCCC3)ncnc21. The van der Waals surface area contributed by atoms with E-state index in [1.807, 2.05) is 36.6 Å². The Morgan fingerprint density at radius 2 is 1.86 bits per heavy atom. The fourth-order valence-corrected chi connectivity index (χ4v) is 5.49. The summed E-state index contributed by atoms with van der Waals surface area (Å²) >= 11 is 0. The number of benzene rings is 1. The van der Waals surface area contributed by atoms with Crippen LogP contribution in [-0.4, -0.2) is 56.3 Å². The third-order valence-corrected chi connectivity index (χ3v) is 7.11. The Bertz CT molecular complexity index is 1150. The largest absolute Gasteiger partial charge is 0.377 e. The smallest absolute Gasteiger partial charge is 0.167 e. The summed E-state index contributed by atoms with van der Waals surface area (Å²) in [4.78, 5) is 13.7. The van der Waals surface area contributed by atoms with Crippen LogP contribution in [0.3, 0.4) is 0 Å². The van der Waals surface area contributed by atoms with Crippen molar-refractivity contribution in [3.63, 3.8) is 0 Å². The maximum Gasteiger partial charge on any atom is 0.167 e. The van der Waals surface area contributed by atoms with Crippen LogP contribution in [-0.2, 0) is 25.6 Å². The predicted molar refractivity (Wildman–Crippen MR) is 130 cm³/mol. The molecule has 0 spiro atoms. The van der Waals surface area contributed by atoms with E-state index in [4.69, 9.17) is 18.9 Å². The molecule has 2 aromatic heterocycles. The second-order valence-corrected chi connectivity index (χ2v) is 10.1. The normalized spacial score (nSPS) is 28.1. The third-order valence-electron chi connectivity index (χ3n) is 7.11. The number of nitrogens with one attached hydrogen (secondary N) is 1. The quantitative estimate of drug-likeness (QED) is 0.481. The van der Waals surface area contributed by atoms with Crippen molar-refractivity contribution in [1.29, 1.82) is 0 Å². The van der Waals surface area contributed by atoms with E-state index >= 15 is 0 Å². The highest BCUT2D eigenvalue weighted by Crippen LogP contribution is 2.44. The molecule has 3 fully saturated rings. The number of aromatic nitrogens is 4. The van der Waals surface area contributed by atoms with Crippen molar-refractivity contribution in [2.24, 2.45) is 0 Å². The van der Waals surface area contributed by atoms with Crippen LogP contribution in [0, 0.1) is 0 Å². The minimum absolute atomic E-state index is 0.155. The molecule has 1 aliphatic carbocycles. The van der Waals surface area contributed by atoms with Crippen molar-refractivity contribution in [3.8, 4) is 0 Å². The summed E-state index contributed by atoms with van der Waals surface area (Å²) in [5, 5.41) is 3.56. The second-order valence-electron chi connectivity index (χ2n) is 10.1. The molecule has 9 heteroatoms. The van der Waals surface area contributed by atoms with E-state index in [-0.39, 0.29) is 24.5 Å². The van der Waals surface area contributed by atoms with Gasteiger partial charge in [-0.05, 0) is 38.7 Å². The Kier molecular flexibility index (Phi) is 6.18. The van der Waals surface area contributed by atoms with Crippen LogP contribution in [0.25, 0.3) is 11.2 Å². The lowest BCUT2D eigenvalue weighted by atomic mass is 10.1. The Morgan fingerprint density at radius 1 is 1.06 bits per heavy atom. The summed E-state index contributed by atoms with van der Waals surface area (Å²) in [6, 6.07) is 10.6. The third kappa shape index (κ3) is 4.65. The molecular formula is C26H33N5O4. The van der Waals surface area contributed by atoms with Crippen LogP contribution in [0.4, 0.5) is 5.82 Å². The van der Waals surface area contributed by atoms with Crippen molar-refractivity contribution in [1.82, 2.24) is 19.5 Å². The zero-order valence-electron chi connectivity index (χ0n) is 20.3. The summed E-state index contributed by atoms with van der Waals surface area (Å²) in [5.74, 6) is 0.103. The molecule has 3 aliphatic rings. The van der Waals surface area contributed by atoms with E-state index in [2.05, 4.69) is 32.4 Å². The summed E-state index contributed by atoms with van der Waals surface area (Å²) in [6.45, 7) is 5.04. The lowest BCUT2D eigenvalue weighted by Crippen LogP contribution is -2.30. The number of hydrogen-bond acceptors (Lipinski definition) is 8. The molecule has 35 heavy (non-hydrogen) atoms. The Balaban J connectivity index is 1.19. The number of rotatable bonds is 8. The summed E-state index contributed by atoms with van der Waals surface area (Å²) < 4.78 is 27.0. The minimum atomic E-state index is -0.679. The van der Waals surface area contributed by atoms with Gasteiger partial charge in [-0.1, -0.05) is 43.2 Å². The average molecular weight is 480 g/mol. The van der Waals surface area contributed by atoms with Crippen LogP contribution in [0.5, 0.6) is 0 Å². The Morgan fingerprint density at radius 3 is 2.69 bits per heavy atom. The first kappa shape index (κ1) is 22.8. The van der Waals surface area contributed by atoms with E-state index in [1.54, 1.807) is 12.7 Å². The van der Waals surface area contributed by atoms with E-state index in [0.29, 0.717) is 25.7 Å². The standard InChI is InChI=1S/C26H33N5O4/c1-26(2)34-21-19(12-13-32-14-17-8-4-3-5-9-17)33-25(22(21)35-26)31-16-29-20-23(27-15-28-24(20)31)30-18-10-6-7-11-18/h3-5,8-9,15-16,18-19,21-22,25H,6-7,10-14H2,1-2H3,(H,27,28,30)/t19-,21+,22?,25-/m1/s1.